The standard InChI is InChI=1S/C67H53NO/c1-65(2,3)46-26-32-53-54-33-27-47(66(4,5)6)39-61(54)67(60(53)38-46)59-35-25-45(52-21-14-18-44-17-10-11-19-51(44)52)37-57(59)55-34-30-50(41-62(55)67)68(48-28-23-43(24-29-48)42-15-8-7-9-16-42)49-31-36-64-58(40-49)56-20-12-13-22-63(56)69-64/h7-41H,1-6H3. The largest absolute Gasteiger partial charge is 0.456 e. The maximum atomic E-state index is 6.40. The maximum Gasteiger partial charge on any atom is 0.135 e. The molecule has 10 aromatic carbocycles. The summed E-state index contributed by atoms with van der Waals surface area (Å²) in [6.07, 6.45) is 0. The molecule has 69 heavy (non-hydrogen) atoms. The normalized spacial score (nSPS) is 13.5. The predicted octanol–water partition coefficient (Wildman–Crippen LogP) is 18.5. The van der Waals surface area contributed by atoms with E-state index in [4.69, 9.17) is 4.42 Å². The van der Waals surface area contributed by atoms with E-state index in [1.807, 2.05) is 6.07 Å². The molecule has 0 amide bonds. The fourth-order valence-electron chi connectivity index (χ4n) is 11.7. The van der Waals surface area contributed by atoms with Crippen molar-refractivity contribution < 1.29 is 4.42 Å². The van der Waals surface area contributed by atoms with E-state index in [2.05, 4.69) is 253 Å². The molecule has 0 saturated heterocycles. The average molecular weight is 888 g/mol. The van der Waals surface area contributed by atoms with Gasteiger partial charge in [-0.1, -0.05) is 199 Å². The number of anilines is 3. The van der Waals surface area contributed by atoms with Crippen molar-refractivity contribution in [1.29, 1.82) is 0 Å². The summed E-state index contributed by atoms with van der Waals surface area (Å²) in [7, 11) is 0. The fraction of sp³-hybridized carbons (Fsp3) is 0.134. The van der Waals surface area contributed by atoms with Crippen molar-refractivity contribution in [3.8, 4) is 44.5 Å². The van der Waals surface area contributed by atoms with Gasteiger partial charge in [0.2, 0.25) is 0 Å². The van der Waals surface area contributed by atoms with E-state index < -0.39 is 5.41 Å². The lowest BCUT2D eigenvalue weighted by atomic mass is 9.68. The van der Waals surface area contributed by atoms with Crippen molar-refractivity contribution in [1.82, 2.24) is 0 Å². The van der Waals surface area contributed by atoms with Crippen molar-refractivity contribution in [3.63, 3.8) is 0 Å². The van der Waals surface area contributed by atoms with Crippen LogP contribution in [0.4, 0.5) is 17.1 Å². The molecule has 1 aromatic heterocycles. The Morgan fingerprint density at radius 1 is 0.333 bits per heavy atom. The SMILES string of the molecule is CC(C)(C)c1ccc2c(c1)C1(c3ccc(-c4cccc5ccccc45)cc3-c3ccc(N(c4ccc(-c5ccccc5)cc4)c4ccc5oc6ccccc6c5c4)cc31)c1cc(C(C)(C)C)ccc1-2. The number of hydrogen-bond donors (Lipinski definition) is 0. The Balaban J connectivity index is 1.11. The van der Waals surface area contributed by atoms with Gasteiger partial charge in [0.1, 0.15) is 11.2 Å². The van der Waals surface area contributed by atoms with Gasteiger partial charge in [0.25, 0.3) is 0 Å². The zero-order chi connectivity index (χ0) is 46.8. The quantitative estimate of drug-likeness (QED) is 0.171. The molecule has 2 heteroatoms. The molecule has 332 valence electrons. The van der Waals surface area contributed by atoms with Gasteiger partial charge in [-0.3, -0.25) is 0 Å². The Labute approximate surface area is 405 Å². The van der Waals surface area contributed by atoms with Crippen molar-refractivity contribution in [3.05, 3.63) is 246 Å². The van der Waals surface area contributed by atoms with Crippen molar-refractivity contribution in [2.45, 2.75) is 57.8 Å². The number of nitrogens with zero attached hydrogens (tertiary/aromatic N) is 1. The number of rotatable bonds is 5. The van der Waals surface area contributed by atoms with E-state index >= 15 is 0 Å². The van der Waals surface area contributed by atoms with E-state index in [1.54, 1.807) is 0 Å². The highest BCUT2D eigenvalue weighted by Crippen LogP contribution is 2.64. The molecule has 0 radical (unpaired) electrons. The predicted molar refractivity (Wildman–Crippen MR) is 290 cm³/mol. The van der Waals surface area contributed by atoms with Gasteiger partial charge in [-0.15, -0.1) is 0 Å². The monoisotopic (exact) mass is 887 g/mol. The molecular formula is C67H53NO. The first-order chi connectivity index (χ1) is 33.4. The van der Waals surface area contributed by atoms with Crippen LogP contribution in [0.5, 0.6) is 0 Å². The highest BCUT2D eigenvalue weighted by molar-refractivity contribution is 6.07. The summed E-state index contributed by atoms with van der Waals surface area (Å²) in [4.78, 5) is 2.45. The van der Waals surface area contributed by atoms with Crippen LogP contribution in [0.25, 0.3) is 77.2 Å². The van der Waals surface area contributed by atoms with E-state index in [9.17, 15) is 0 Å². The van der Waals surface area contributed by atoms with Crippen molar-refractivity contribution in [2.24, 2.45) is 0 Å². The first-order valence-electron chi connectivity index (χ1n) is 24.4. The topological polar surface area (TPSA) is 16.4 Å². The van der Waals surface area contributed by atoms with Gasteiger partial charge >= 0.3 is 0 Å². The number of para-hydroxylation sites is 1. The average Bonchev–Trinajstić information content (AvgIpc) is 3.99. The molecule has 13 rings (SSSR count). The third-order valence-electron chi connectivity index (χ3n) is 15.2. The van der Waals surface area contributed by atoms with Crippen LogP contribution in [0.2, 0.25) is 0 Å². The lowest BCUT2D eigenvalue weighted by Crippen LogP contribution is -2.27. The lowest BCUT2D eigenvalue weighted by molar-refractivity contribution is 0.586. The number of hydrogen-bond acceptors (Lipinski definition) is 2. The fourth-order valence-corrected chi connectivity index (χ4v) is 11.7. The van der Waals surface area contributed by atoms with Gasteiger partial charge < -0.3 is 9.32 Å². The molecule has 2 nitrogen and oxygen atoms in total. The molecule has 0 aliphatic heterocycles. The molecular weight excluding hydrogens is 835 g/mol. The third kappa shape index (κ3) is 6.31. The Kier molecular flexibility index (Phi) is 8.99. The van der Waals surface area contributed by atoms with Gasteiger partial charge in [0.05, 0.1) is 5.41 Å². The minimum absolute atomic E-state index is 0.0511. The van der Waals surface area contributed by atoms with Crippen LogP contribution >= 0.6 is 0 Å². The molecule has 0 unspecified atom stereocenters. The number of furan rings is 1. The van der Waals surface area contributed by atoms with Crippen LogP contribution in [0, 0.1) is 0 Å². The molecule has 0 bridgehead atoms. The van der Waals surface area contributed by atoms with Crippen molar-refractivity contribution >= 4 is 49.8 Å². The summed E-state index contributed by atoms with van der Waals surface area (Å²) in [5.41, 5.74) is 22.4. The summed E-state index contributed by atoms with van der Waals surface area (Å²) in [5.74, 6) is 0. The Morgan fingerprint density at radius 3 is 1.59 bits per heavy atom. The van der Waals surface area contributed by atoms with Gasteiger partial charge in [-0.25, -0.2) is 0 Å². The molecule has 1 spiro atoms. The smallest absolute Gasteiger partial charge is 0.135 e. The minimum atomic E-state index is -0.585. The lowest BCUT2D eigenvalue weighted by Gasteiger charge is -2.34. The second kappa shape index (κ2) is 15.0. The zero-order valence-electron chi connectivity index (χ0n) is 40.1. The minimum Gasteiger partial charge on any atom is -0.456 e. The Hall–Kier alpha value is -7.94. The van der Waals surface area contributed by atoms with Gasteiger partial charge in [-0.05, 0) is 154 Å². The van der Waals surface area contributed by atoms with Gasteiger partial charge in [0.15, 0.2) is 0 Å². The Morgan fingerprint density at radius 2 is 0.870 bits per heavy atom. The molecule has 11 aromatic rings. The molecule has 0 atom stereocenters. The maximum absolute atomic E-state index is 6.40. The van der Waals surface area contributed by atoms with E-state index in [1.165, 1.54) is 88.7 Å². The third-order valence-corrected chi connectivity index (χ3v) is 15.2. The summed E-state index contributed by atoms with van der Waals surface area (Å²) < 4.78 is 6.40. The summed E-state index contributed by atoms with van der Waals surface area (Å²) >= 11 is 0. The molecule has 2 aliphatic rings. The van der Waals surface area contributed by atoms with Gasteiger partial charge in [0, 0.05) is 27.8 Å². The number of benzene rings is 10. The molecule has 2 aliphatic carbocycles. The number of fused-ring (bicyclic) bond motifs is 14. The van der Waals surface area contributed by atoms with Gasteiger partial charge in [-0.2, -0.15) is 0 Å². The van der Waals surface area contributed by atoms with Crippen LogP contribution in [0.3, 0.4) is 0 Å². The van der Waals surface area contributed by atoms with Crippen LogP contribution in [-0.4, -0.2) is 0 Å². The first kappa shape index (κ1) is 41.3. The first-order valence-corrected chi connectivity index (χ1v) is 24.4. The molecule has 0 saturated carbocycles. The van der Waals surface area contributed by atoms with E-state index in [0.717, 1.165) is 39.0 Å². The summed E-state index contributed by atoms with van der Waals surface area (Å²) in [6, 6.07) is 79.5. The summed E-state index contributed by atoms with van der Waals surface area (Å²) in [5, 5.41) is 4.73. The van der Waals surface area contributed by atoms with Crippen LogP contribution in [0.1, 0.15) is 74.9 Å². The van der Waals surface area contributed by atoms with Crippen molar-refractivity contribution in [2.75, 3.05) is 4.90 Å². The van der Waals surface area contributed by atoms with E-state index in [0.29, 0.717) is 0 Å². The second-order valence-electron chi connectivity index (χ2n) is 21.3. The summed E-state index contributed by atoms with van der Waals surface area (Å²) in [6.45, 7) is 14.0. The second-order valence-corrected chi connectivity index (χ2v) is 21.3. The highest BCUT2D eigenvalue weighted by Gasteiger charge is 2.52. The zero-order valence-corrected chi connectivity index (χ0v) is 40.1. The highest BCUT2D eigenvalue weighted by atomic mass is 16.3. The van der Waals surface area contributed by atoms with Crippen LogP contribution in [-0.2, 0) is 16.2 Å². The molecule has 0 N–H and O–H groups in total. The van der Waals surface area contributed by atoms with Crippen LogP contribution < -0.4 is 4.90 Å². The molecule has 1 heterocycles. The Bertz CT molecular complexity index is 3790. The van der Waals surface area contributed by atoms with Crippen LogP contribution in [0.15, 0.2) is 217 Å². The molecule has 0 fully saturated rings. The van der Waals surface area contributed by atoms with E-state index in [-0.39, 0.29) is 10.8 Å².